The maximum atomic E-state index is 12.9. The van der Waals surface area contributed by atoms with Crippen LogP contribution >= 0.6 is 34.8 Å². The van der Waals surface area contributed by atoms with Gasteiger partial charge in [-0.3, -0.25) is 9.36 Å². The number of alkyl halides is 2. The molecule has 0 bridgehead atoms. The maximum Gasteiger partial charge on any atom is 0.296 e. The standard InChI is InChI=1S/C11H5Cl3F2N2O/c12-5-2-1-3-6(9(5)14)18-8(19)4-7(13)17-11(18)10(15)16/h1-4,10H. The van der Waals surface area contributed by atoms with Gasteiger partial charge in [-0.1, -0.05) is 40.9 Å². The van der Waals surface area contributed by atoms with E-state index in [0.29, 0.717) is 4.57 Å². The first-order chi connectivity index (χ1) is 8.91. The van der Waals surface area contributed by atoms with Gasteiger partial charge in [0.15, 0.2) is 5.82 Å². The first-order valence-corrected chi connectivity index (χ1v) is 6.07. The molecule has 2 rings (SSSR count). The Balaban J connectivity index is 2.82. The summed E-state index contributed by atoms with van der Waals surface area (Å²) in [7, 11) is 0. The summed E-state index contributed by atoms with van der Waals surface area (Å²) < 4.78 is 26.6. The van der Waals surface area contributed by atoms with E-state index in [4.69, 9.17) is 34.8 Å². The maximum absolute atomic E-state index is 12.9. The predicted molar refractivity (Wildman–Crippen MR) is 69.8 cm³/mol. The Morgan fingerprint density at radius 2 is 1.89 bits per heavy atom. The number of nitrogens with zero attached hydrogens (tertiary/aromatic N) is 2. The van der Waals surface area contributed by atoms with Crippen LogP contribution in [0.2, 0.25) is 15.2 Å². The largest absolute Gasteiger partial charge is 0.296 e. The third kappa shape index (κ3) is 2.73. The second kappa shape index (κ2) is 5.45. The highest BCUT2D eigenvalue weighted by Gasteiger charge is 2.20. The minimum atomic E-state index is -2.98. The van der Waals surface area contributed by atoms with E-state index < -0.39 is 17.8 Å². The summed E-state index contributed by atoms with van der Waals surface area (Å²) in [5.41, 5.74) is -0.738. The van der Waals surface area contributed by atoms with Crippen LogP contribution in [-0.4, -0.2) is 9.55 Å². The molecule has 1 heterocycles. The minimum absolute atomic E-state index is 0.0164. The lowest BCUT2D eigenvalue weighted by Crippen LogP contribution is -2.23. The van der Waals surface area contributed by atoms with Crippen LogP contribution in [0.25, 0.3) is 5.69 Å². The molecule has 8 heteroatoms. The van der Waals surface area contributed by atoms with Gasteiger partial charge in [0.05, 0.1) is 15.7 Å². The van der Waals surface area contributed by atoms with E-state index in [1.807, 2.05) is 0 Å². The molecule has 0 unspecified atom stereocenters. The van der Waals surface area contributed by atoms with Crippen molar-refractivity contribution in [1.82, 2.24) is 9.55 Å². The fourth-order valence-corrected chi connectivity index (χ4v) is 2.08. The third-order valence-corrected chi connectivity index (χ3v) is 3.28. The zero-order valence-corrected chi connectivity index (χ0v) is 11.3. The lowest BCUT2D eigenvalue weighted by Gasteiger charge is -2.13. The third-order valence-electron chi connectivity index (χ3n) is 2.28. The van der Waals surface area contributed by atoms with E-state index >= 15 is 0 Å². The van der Waals surface area contributed by atoms with Gasteiger partial charge in [-0.25, -0.2) is 13.8 Å². The molecule has 0 radical (unpaired) electrons. The average molecular weight is 326 g/mol. The monoisotopic (exact) mass is 324 g/mol. The molecule has 100 valence electrons. The topological polar surface area (TPSA) is 34.9 Å². The van der Waals surface area contributed by atoms with E-state index in [0.717, 1.165) is 6.07 Å². The fraction of sp³-hybridized carbons (Fsp3) is 0.0909. The zero-order chi connectivity index (χ0) is 14.2. The molecule has 0 N–H and O–H groups in total. The summed E-state index contributed by atoms with van der Waals surface area (Å²) >= 11 is 17.2. The molecule has 0 aliphatic heterocycles. The number of benzene rings is 1. The van der Waals surface area contributed by atoms with E-state index in [9.17, 15) is 13.6 Å². The van der Waals surface area contributed by atoms with Crippen molar-refractivity contribution >= 4 is 34.8 Å². The Labute approximate surface area is 121 Å². The second-order valence-electron chi connectivity index (χ2n) is 3.48. The van der Waals surface area contributed by atoms with Gasteiger partial charge in [-0.15, -0.1) is 0 Å². The van der Waals surface area contributed by atoms with Crippen LogP contribution < -0.4 is 5.56 Å². The van der Waals surface area contributed by atoms with Crippen LogP contribution in [0.4, 0.5) is 8.78 Å². The van der Waals surface area contributed by atoms with E-state index in [-0.39, 0.29) is 20.9 Å². The molecule has 19 heavy (non-hydrogen) atoms. The molecular formula is C11H5Cl3F2N2O. The molecule has 3 nitrogen and oxygen atoms in total. The quantitative estimate of drug-likeness (QED) is 0.778. The lowest BCUT2D eigenvalue weighted by atomic mass is 10.3. The molecule has 0 fully saturated rings. The van der Waals surface area contributed by atoms with Gasteiger partial charge in [0.2, 0.25) is 0 Å². The highest BCUT2D eigenvalue weighted by Crippen LogP contribution is 2.30. The molecule has 1 aromatic carbocycles. The Morgan fingerprint density at radius 1 is 1.21 bits per heavy atom. The van der Waals surface area contributed by atoms with E-state index in [1.54, 1.807) is 0 Å². The molecule has 0 atom stereocenters. The van der Waals surface area contributed by atoms with Gasteiger partial charge in [-0.2, -0.15) is 0 Å². The Kier molecular flexibility index (Phi) is 4.08. The Bertz CT molecular complexity index is 688. The second-order valence-corrected chi connectivity index (χ2v) is 4.66. The number of rotatable bonds is 2. The van der Waals surface area contributed by atoms with Crippen molar-refractivity contribution in [3.8, 4) is 5.69 Å². The van der Waals surface area contributed by atoms with Crippen LogP contribution in [0.1, 0.15) is 12.2 Å². The number of hydrogen-bond acceptors (Lipinski definition) is 2. The van der Waals surface area contributed by atoms with Crippen LogP contribution in [0.3, 0.4) is 0 Å². The molecule has 0 spiro atoms. The van der Waals surface area contributed by atoms with Gasteiger partial charge < -0.3 is 0 Å². The number of hydrogen-bond donors (Lipinski definition) is 0. The predicted octanol–water partition coefficient (Wildman–Crippen LogP) is 4.13. The van der Waals surface area contributed by atoms with E-state index in [2.05, 4.69) is 4.98 Å². The Hall–Kier alpha value is -1.17. The van der Waals surface area contributed by atoms with Gasteiger partial charge in [0.25, 0.3) is 12.0 Å². The Morgan fingerprint density at radius 3 is 2.53 bits per heavy atom. The highest BCUT2D eigenvalue weighted by molar-refractivity contribution is 6.43. The molecule has 0 amide bonds. The zero-order valence-electron chi connectivity index (χ0n) is 9.08. The normalized spacial score (nSPS) is 11.1. The lowest BCUT2D eigenvalue weighted by molar-refractivity contribution is 0.136. The first-order valence-electron chi connectivity index (χ1n) is 4.94. The van der Waals surface area contributed by atoms with Gasteiger partial charge in [0, 0.05) is 6.07 Å². The molecule has 2 aromatic rings. The molecule has 0 aliphatic carbocycles. The summed E-state index contributed by atoms with van der Waals surface area (Å²) in [5, 5.41) is -0.187. The van der Waals surface area contributed by atoms with Gasteiger partial charge >= 0.3 is 0 Å². The van der Waals surface area contributed by atoms with Crippen LogP contribution in [0.15, 0.2) is 29.1 Å². The highest BCUT2D eigenvalue weighted by atomic mass is 35.5. The summed E-state index contributed by atoms with van der Waals surface area (Å²) in [6.45, 7) is 0. The SMILES string of the molecule is O=c1cc(Cl)nc(C(F)F)n1-c1cccc(Cl)c1Cl. The summed E-state index contributed by atoms with van der Waals surface area (Å²) in [6.07, 6.45) is -2.98. The van der Waals surface area contributed by atoms with Crippen molar-refractivity contribution in [1.29, 1.82) is 0 Å². The molecule has 0 aliphatic rings. The van der Waals surface area contributed by atoms with Crippen molar-refractivity contribution in [3.05, 3.63) is 55.6 Å². The number of halogens is 5. The summed E-state index contributed by atoms with van der Waals surface area (Å²) in [5.74, 6) is -0.790. The van der Waals surface area contributed by atoms with Crippen molar-refractivity contribution in [2.45, 2.75) is 6.43 Å². The van der Waals surface area contributed by atoms with E-state index in [1.165, 1.54) is 18.2 Å². The summed E-state index contributed by atoms with van der Waals surface area (Å²) in [6, 6.07) is 5.27. The van der Waals surface area contributed by atoms with Crippen molar-refractivity contribution in [3.63, 3.8) is 0 Å². The molecule has 1 aromatic heterocycles. The van der Waals surface area contributed by atoms with Gasteiger partial charge in [0.1, 0.15) is 5.15 Å². The fourth-order valence-electron chi connectivity index (χ4n) is 1.52. The van der Waals surface area contributed by atoms with Crippen LogP contribution in [0.5, 0.6) is 0 Å². The average Bonchev–Trinajstić information content (AvgIpc) is 2.32. The number of aromatic nitrogens is 2. The van der Waals surface area contributed by atoms with Crippen molar-refractivity contribution < 1.29 is 8.78 Å². The smallest absolute Gasteiger partial charge is 0.269 e. The molecule has 0 saturated heterocycles. The molecular weight excluding hydrogens is 320 g/mol. The first kappa shape index (κ1) is 14.2. The van der Waals surface area contributed by atoms with Crippen LogP contribution in [-0.2, 0) is 0 Å². The van der Waals surface area contributed by atoms with Crippen molar-refractivity contribution in [2.24, 2.45) is 0 Å². The minimum Gasteiger partial charge on any atom is -0.269 e. The molecule has 0 saturated carbocycles. The van der Waals surface area contributed by atoms with Gasteiger partial charge in [-0.05, 0) is 12.1 Å². The summed E-state index contributed by atoms with van der Waals surface area (Å²) in [4.78, 5) is 15.3. The van der Waals surface area contributed by atoms with Crippen LogP contribution in [0, 0.1) is 0 Å². The van der Waals surface area contributed by atoms with Crippen molar-refractivity contribution in [2.75, 3.05) is 0 Å².